The summed E-state index contributed by atoms with van der Waals surface area (Å²) in [6, 6.07) is 5.67. The number of hydrogen-bond acceptors (Lipinski definition) is 4. The Morgan fingerprint density at radius 3 is 2.12 bits per heavy atom. The van der Waals surface area contributed by atoms with Gasteiger partial charge in [0.15, 0.2) is 11.5 Å². The van der Waals surface area contributed by atoms with E-state index in [1.807, 2.05) is 18.2 Å². The van der Waals surface area contributed by atoms with E-state index < -0.39 is 0 Å². The van der Waals surface area contributed by atoms with E-state index in [1.165, 1.54) is 0 Å². The monoisotopic (exact) mass is 354 g/mol. The quantitative estimate of drug-likeness (QED) is 0.727. The van der Waals surface area contributed by atoms with Crippen molar-refractivity contribution in [3.05, 3.63) is 23.8 Å². The Morgan fingerprint density at radius 2 is 1.58 bits per heavy atom. The molecule has 0 saturated carbocycles. The van der Waals surface area contributed by atoms with E-state index in [-0.39, 0.29) is 17.7 Å². The molecule has 1 fully saturated rings. The number of carbonyl (C=O) groups is 2. The van der Waals surface area contributed by atoms with E-state index in [2.05, 4.69) is 0 Å². The molecule has 0 radical (unpaired) electrons. The lowest BCUT2D eigenvalue weighted by Crippen LogP contribution is -2.51. The number of halogens is 1. The van der Waals surface area contributed by atoms with Crippen LogP contribution in [0.25, 0.3) is 0 Å². The number of benzene rings is 1. The molecule has 2 rings (SSSR count). The Bertz CT molecular complexity index is 586. The average Bonchev–Trinajstić information content (AvgIpc) is 2.65. The Morgan fingerprint density at radius 1 is 1.00 bits per heavy atom. The topological polar surface area (TPSA) is 59.1 Å². The Balaban J connectivity index is 1.84. The van der Waals surface area contributed by atoms with Crippen LogP contribution in [0.1, 0.15) is 12.0 Å². The average molecular weight is 355 g/mol. The minimum absolute atomic E-state index is 0.00670. The number of carbonyl (C=O) groups excluding carboxylic acids is 2. The number of aryl methyl sites for hydroxylation is 1. The minimum Gasteiger partial charge on any atom is -0.493 e. The van der Waals surface area contributed by atoms with Gasteiger partial charge in [0.1, 0.15) is 5.88 Å². The van der Waals surface area contributed by atoms with Gasteiger partial charge in [-0.1, -0.05) is 6.07 Å². The summed E-state index contributed by atoms with van der Waals surface area (Å²) < 4.78 is 10.5. The normalized spacial score (nSPS) is 14.5. The zero-order valence-electron chi connectivity index (χ0n) is 14.1. The standard InChI is InChI=1S/C17H23ClN2O4/c1-23-14-5-3-13(11-15(14)24-2)4-6-16(21)19-7-9-20(10-8-19)17(22)12-18/h3,5,11H,4,6-10,12H2,1-2H3. The first-order chi connectivity index (χ1) is 11.6. The van der Waals surface area contributed by atoms with E-state index >= 15 is 0 Å². The third kappa shape index (κ3) is 4.54. The number of alkyl halides is 1. The smallest absolute Gasteiger partial charge is 0.237 e. The van der Waals surface area contributed by atoms with Crippen molar-refractivity contribution in [2.24, 2.45) is 0 Å². The molecule has 0 unspecified atom stereocenters. The van der Waals surface area contributed by atoms with Gasteiger partial charge < -0.3 is 19.3 Å². The van der Waals surface area contributed by atoms with Gasteiger partial charge in [-0.05, 0) is 24.1 Å². The number of piperazine rings is 1. The lowest BCUT2D eigenvalue weighted by Gasteiger charge is -2.34. The highest BCUT2D eigenvalue weighted by molar-refractivity contribution is 6.27. The molecule has 0 N–H and O–H groups in total. The molecule has 1 saturated heterocycles. The molecule has 0 aliphatic carbocycles. The van der Waals surface area contributed by atoms with Gasteiger partial charge >= 0.3 is 0 Å². The van der Waals surface area contributed by atoms with Gasteiger partial charge in [0.05, 0.1) is 14.2 Å². The van der Waals surface area contributed by atoms with Gasteiger partial charge in [-0.3, -0.25) is 9.59 Å². The molecule has 2 amide bonds. The second-order valence-electron chi connectivity index (χ2n) is 5.58. The lowest BCUT2D eigenvalue weighted by molar-refractivity contribution is -0.138. The van der Waals surface area contributed by atoms with Gasteiger partial charge in [0.2, 0.25) is 11.8 Å². The zero-order valence-corrected chi connectivity index (χ0v) is 14.8. The molecular weight excluding hydrogens is 332 g/mol. The first-order valence-electron chi connectivity index (χ1n) is 7.91. The van der Waals surface area contributed by atoms with Crippen molar-refractivity contribution in [1.29, 1.82) is 0 Å². The van der Waals surface area contributed by atoms with Gasteiger partial charge in [0, 0.05) is 32.6 Å². The second-order valence-corrected chi connectivity index (χ2v) is 5.85. The fourth-order valence-electron chi connectivity index (χ4n) is 2.74. The summed E-state index contributed by atoms with van der Waals surface area (Å²) in [5.74, 6) is 1.35. The van der Waals surface area contributed by atoms with Crippen LogP contribution in [-0.4, -0.2) is 67.9 Å². The largest absolute Gasteiger partial charge is 0.493 e. The van der Waals surface area contributed by atoms with Crippen LogP contribution in [-0.2, 0) is 16.0 Å². The van der Waals surface area contributed by atoms with Crippen LogP contribution in [0.5, 0.6) is 11.5 Å². The van der Waals surface area contributed by atoms with Crippen LogP contribution in [0.15, 0.2) is 18.2 Å². The molecule has 0 aromatic heterocycles. The first kappa shape index (κ1) is 18.4. The third-order valence-electron chi connectivity index (χ3n) is 4.17. The maximum atomic E-state index is 12.3. The third-order valence-corrected chi connectivity index (χ3v) is 4.40. The van der Waals surface area contributed by atoms with Crippen molar-refractivity contribution in [3.63, 3.8) is 0 Å². The van der Waals surface area contributed by atoms with Gasteiger partial charge in [-0.2, -0.15) is 0 Å². The SMILES string of the molecule is COc1ccc(CCC(=O)N2CCN(C(=O)CCl)CC2)cc1OC. The van der Waals surface area contributed by atoms with Crippen molar-refractivity contribution in [1.82, 2.24) is 9.80 Å². The Hall–Kier alpha value is -1.95. The molecular formula is C17H23ClN2O4. The summed E-state index contributed by atoms with van der Waals surface area (Å²) in [4.78, 5) is 27.4. The second kappa shape index (κ2) is 8.78. The Labute approximate surface area is 147 Å². The van der Waals surface area contributed by atoms with E-state index in [1.54, 1.807) is 24.0 Å². The Kier molecular flexibility index (Phi) is 6.73. The number of rotatable bonds is 6. The van der Waals surface area contributed by atoms with E-state index in [4.69, 9.17) is 21.1 Å². The van der Waals surface area contributed by atoms with Crippen molar-refractivity contribution in [2.45, 2.75) is 12.8 Å². The molecule has 1 aromatic rings. The molecule has 1 aliphatic heterocycles. The number of amides is 2. The maximum Gasteiger partial charge on any atom is 0.237 e. The minimum atomic E-state index is -0.0749. The van der Waals surface area contributed by atoms with Crippen LogP contribution in [0, 0.1) is 0 Å². The predicted octanol–water partition coefficient (Wildman–Crippen LogP) is 1.55. The van der Waals surface area contributed by atoms with Crippen LogP contribution in [0.2, 0.25) is 0 Å². The van der Waals surface area contributed by atoms with Crippen LogP contribution in [0.4, 0.5) is 0 Å². The summed E-state index contributed by atoms with van der Waals surface area (Å²) >= 11 is 5.56. The fourth-order valence-corrected chi connectivity index (χ4v) is 2.90. The molecule has 7 heteroatoms. The number of ether oxygens (including phenoxy) is 2. The predicted molar refractivity (Wildman–Crippen MR) is 91.7 cm³/mol. The number of nitrogens with zero attached hydrogens (tertiary/aromatic N) is 2. The van der Waals surface area contributed by atoms with Gasteiger partial charge in [-0.25, -0.2) is 0 Å². The number of methoxy groups -OCH3 is 2. The molecule has 24 heavy (non-hydrogen) atoms. The summed E-state index contributed by atoms with van der Waals surface area (Å²) in [7, 11) is 3.18. The van der Waals surface area contributed by atoms with Gasteiger partial charge in [-0.15, -0.1) is 11.6 Å². The van der Waals surface area contributed by atoms with Crippen molar-refractivity contribution in [2.75, 3.05) is 46.3 Å². The van der Waals surface area contributed by atoms with Crippen molar-refractivity contribution in [3.8, 4) is 11.5 Å². The lowest BCUT2D eigenvalue weighted by atomic mass is 10.1. The maximum absolute atomic E-state index is 12.3. The highest BCUT2D eigenvalue weighted by atomic mass is 35.5. The van der Waals surface area contributed by atoms with E-state index in [0.29, 0.717) is 50.5 Å². The van der Waals surface area contributed by atoms with Crippen LogP contribution < -0.4 is 9.47 Å². The fraction of sp³-hybridized carbons (Fsp3) is 0.529. The highest BCUT2D eigenvalue weighted by Crippen LogP contribution is 2.28. The van der Waals surface area contributed by atoms with E-state index in [9.17, 15) is 9.59 Å². The molecule has 132 valence electrons. The van der Waals surface area contributed by atoms with Crippen molar-refractivity contribution < 1.29 is 19.1 Å². The number of hydrogen-bond donors (Lipinski definition) is 0. The zero-order chi connectivity index (χ0) is 17.5. The molecule has 0 spiro atoms. The molecule has 6 nitrogen and oxygen atoms in total. The van der Waals surface area contributed by atoms with Gasteiger partial charge in [0.25, 0.3) is 0 Å². The molecule has 1 heterocycles. The molecule has 1 aliphatic rings. The molecule has 1 aromatic carbocycles. The first-order valence-corrected chi connectivity index (χ1v) is 8.45. The molecule has 0 bridgehead atoms. The summed E-state index contributed by atoms with van der Waals surface area (Å²) in [6.45, 7) is 2.22. The molecule has 0 atom stereocenters. The van der Waals surface area contributed by atoms with E-state index in [0.717, 1.165) is 5.56 Å². The van der Waals surface area contributed by atoms with Crippen molar-refractivity contribution >= 4 is 23.4 Å². The summed E-state index contributed by atoms with van der Waals surface area (Å²) in [5.41, 5.74) is 1.02. The highest BCUT2D eigenvalue weighted by Gasteiger charge is 2.23. The summed E-state index contributed by atoms with van der Waals surface area (Å²) in [6.07, 6.45) is 1.07. The van der Waals surface area contributed by atoms with Crippen LogP contribution >= 0.6 is 11.6 Å². The summed E-state index contributed by atoms with van der Waals surface area (Å²) in [5, 5.41) is 0. The van der Waals surface area contributed by atoms with Crippen LogP contribution in [0.3, 0.4) is 0 Å².